The van der Waals surface area contributed by atoms with E-state index in [1.807, 2.05) is 31.2 Å². The normalized spacial score (nSPS) is 16.5. The maximum Gasteiger partial charge on any atom is 0.319 e. The molecule has 6 nitrogen and oxygen atoms in total. The van der Waals surface area contributed by atoms with Crippen molar-refractivity contribution in [3.8, 4) is 5.75 Å². The molecule has 2 N–H and O–H groups in total. The van der Waals surface area contributed by atoms with E-state index in [2.05, 4.69) is 10.6 Å². The van der Waals surface area contributed by atoms with Gasteiger partial charge in [-0.15, -0.1) is 0 Å². The zero-order valence-electron chi connectivity index (χ0n) is 14.4. The van der Waals surface area contributed by atoms with Crippen molar-refractivity contribution in [3.63, 3.8) is 0 Å². The van der Waals surface area contributed by atoms with E-state index in [4.69, 9.17) is 4.74 Å². The minimum Gasteiger partial charge on any atom is -0.494 e. The van der Waals surface area contributed by atoms with Crippen molar-refractivity contribution in [2.75, 3.05) is 23.4 Å². The smallest absolute Gasteiger partial charge is 0.319 e. The molecule has 1 heterocycles. The molecule has 0 saturated carbocycles. The standard InChI is InChI=1S/C19H20FN3O3/c1-2-26-17-8-6-16(7-9-17)23-12-15(11-18(23)24)22-19(25)21-14-5-3-4-13(20)10-14/h3-10,15H,2,11-12H2,1H3,(H2,21,22,25). The Morgan fingerprint density at radius 3 is 2.73 bits per heavy atom. The van der Waals surface area contributed by atoms with E-state index in [0.717, 1.165) is 11.4 Å². The predicted molar refractivity (Wildman–Crippen MR) is 96.9 cm³/mol. The molecule has 0 aromatic heterocycles. The fourth-order valence-electron chi connectivity index (χ4n) is 2.86. The van der Waals surface area contributed by atoms with Gasteiger partial charge in [-0.1, -0.05) is 6.07 Å². The molecule has 1 fully saturated rings. The molecule has 1 aliphatic rings. The molecule has 26 heavy (non-hydrogen) atoms. The van der Waals surface area contributed by atoms with Crippen molar-refractivity contribution in [1.82, 2.24) is 5.32 Å². The number of nitrogens with zero attached hydrogens (tertiary/aromatic N) is 1. The second-order valence-corrected chi connectivity index (χ2v) is 5.94. The summed E-state index contributed by atoms with van der Waals surface area (Å²) in [5.41, 5.74) is 1.11. The summed E-state index contributed by atoms with van der Waals surface area (Å²) >= 11 is 0. The van der Waals surface area contributed by atoms with Crippen LogP contribution >= 0.6 is 0 Å². The Hall–Kier alpha value is -3.09. The average molecular weight is 357 g/mol. The molecular weight excluding hydrogens is 337 g/mol. The third-order valence-corrected chi connectivity index (χ3v) is 4.00. The second kappa shape index (κ2) is 7.86. The predicted octanol–water partition coefficient (Wildman–Crippen LogP) is 3.15. The fraction of sp³-hybridized carbons (Fsp3) is 0.263. The number of amides is 3. The van der Waals surface area contributed by atoms with Crippen LogP contribution in [-0.2, 0) is 4.79 Å². The Balaban J connectivity index is 1.58. The van der Waals surface area contributed by atoms with Gasteiger partial charge in [0.25, 0.3) is 0 Å². The van der Waals surface area contributed by atoms with Crippen LogP contribution in [0.25, 0.3) is 0 Å². The molecular formula is C19H20FN3O3. The maximum atomic E-state index is 13.2. The molecule has 0 aliphatic carbocycles. The van der Waals surface area contributed by atoms with Gasteiger partial charge in [0, 0.05) is 24.3 Å². The van der Waals surface area contributed by atoms with Crippen molar-refractivity contribution in [1.29, 1.82) is 0 Å². The van der Waals surface area contributed by atoms with Gasteiger partial charge in [-0.25, -0.2) is 9.18 Å². The molecule has 1 unspecified atom stereocenters. The van der Waals surface area contributed by atoms with Gasteiger partial charge in [0.15, 0.2) is 0 Å². The first-order chi connectivity index (χ1) is 12.5. The molecule has 0 radical (unpaired) electrons. The van der Waals surface area contributed by atoms with Crippen LogP contribution < -0.4 is 20.3 Å². The van der Waals surface area contributed by atoms with Gasteiger partial charge in [0.1, 0.15) is 11.6 Å². The molecule has 1 aliphatic heterocycles. The Bertz CT molecular complexity index is 795. The minimum absolute atomic E-state index is 0.0646. The fourth-order valence-corrected chi connectivity index (χ4v) is 2.86. The third-order valence-electron chi connectivity index (χ3n) is 4.00. The monoisotopic (exact) mass is 357 g/mol. The molecule has 0 spiro atoms. The summed E-state index contributed by atoms with van der Waals surface area (Å²) < 4.78 is 18.6. The number of rotatable bonds is 5. The average Bonchev–Trinajstić information content (AvgIpc) is 2.96. The van der Waals surface area contributed by atoms with E-state index in [-0.39, 0.29) is 18.4 Å². The zero-order chi connectivity index (χ0) is 18.5. The molecule has 3 rings (SSSR count). The van der Waals surface area contributed by atoms with Crippen molar-refractivity contribution in [3.05, 3.63) is 54.3 Å². The summed E-state index contributed by atoms with van der Waals surface area (Å²) in [6.45, 7) is 2.86. The quantitative estimate of drug-likeness (QED) is 0.864. The van der Waals surface area contributed by atoms with Crippen molar-refractivity contribution in [2.45, 2.75) is 19.4 Å². The lowest BCUT2D eigenvalue weighted by atomic mass is 10.2. The van der Waals surface area contributed by atoms with Crippen molar-refractivity contribution in [2.24, 2.45) is 0 Å². The summed E-state index contributed by atoms with van der Waals surface area (Å²) in [7, 11) is 0. The summed E-state index contributed by atoms with van der Waals surface area (Å²) in [6, 6.07) is 12.1. The van der Waals surface area contributed by atoms with Gasteiger partial charge in [-0.2, -0.15) is 0 Å². The molecule has 3 amide bonds. The topological polar surface area (TPSA) is 70.7 Å². The first kappa shape index (κ1) is 17.7. The van der Waals surface area contributed by atoms with Crippen molar-refractivity contribution < 1.29 is 18.7 Å². The number of hydrogen-bond acceptors (Lipinski definition) is 3. The van der Waals surface area contributed by atoms with Crippen LogP contribution in [0.4, 0.5) is 20.6 Å². The number of hydrogen-bond donors (Lipinski definition) is 2. The number of urea groups is 1. The highest BCUT2D eigenvalue weighted by Gasteiger charge is 2.31. The van der Waals surface area contributed by atoms with Gasteiger partial charge in [0.2, 0.25) is 5.91 Å². The highest BCUT2D eigenvalue weighted by Crippen LogP contribution is 2.24. The van der Waals surface area contributed by atoms with Gasteiger partial charge in [-0.3, -0.25) is 4.79 Å². The number of carbonyl (C=O) groups excluding carboxylic acids is 2. The first-order valence-electron chi connectivity index (χ1n) is 8.41. The lowest BCUT2D eigenvalue weighted by Gasteiger charge is -2.18. The summed E-state index contributed by atoms with van der Waals surface area (Å²) in [5.74, 6) is 0.248. The molecule has 0 bridgehead atoms. The number of carbonyl (C=O) groups is 2. The number of ether oxygens (including phenoxy) is 1. The highest BCUT2D eigenvalue weighted by molar-refractivity contribution is 5.97. The minimum atomic E-state index is -0.470. The summed E-state index contributed by atoms with van der Waals surface area (Å²) in [4.78, 5) is 25.9. The molecule has 1 atom stereocenters. The third kappa shape index (κ3) is 4.30. The van der Waals surface area contributed by atoms with E-state index in [1.54, 1.807) is 11.0 Å². The van der Waals surface area contributed by atoms with Gasteiger partial charge in [0.05, 0.1) is 12.6 Å². The maximum absolute atomic E-state index is 13.2. The van der Waals surface area contributed by atoms with Crippen LogP contribution in [-0.4, -0.2) is 31.1 Å². The number of anilines is 2. The first-order valence-corrected chi connectivity index (χ1v) is 8.41. The van der Waals surface area contributed by atoms with Crippen LogP contribution in [0.5, 0.6) is 5.75 Å². The summed E-state index contributed by atoms with van der Waals surface area (Å²) in [6.07, 6.45) is 0.212. The molecule has 1 saturated heterocycles. The zero-order valence-corrected chi connectivity index (χ0v) is 14.4. The SMILES string of the molecule is CCOc1ccc(N2CC(NC(=O)Nc3cccc(F)c3)CC2=O)cc1. The van der Waals surface area contributed by atoms with E-state index in [9.17, 15) is 14.0 Å². The second-order valence-electron chi connectivity index (χ2n) is 5.94. The Morgan fingerprint density at radius 1 is 1.27 bits per heavy atom. The highest BCUT2D eigenvalue weighted by atomic mass is 19.1. The molecule has 2 aromatic rings. The van der Waals surface area contributed by atoms with E-state index in [0.29, 0.717) is 18.8 Å². The van der Waals surface area contributed by atoms with E-state index in [1.165, 1.54) is 18.2 Å². The number of nitrogens with one attached hydrogen (secondary N) is 2. The van der Waals surface area contributed by atoms with Crippen LogP contribution in [0.2, 0.25) is 0 Å². The van der Waals surface area contributed by atoms with Gasteiger partial charge in [-0.05, 0) is 49.4 Å². The van der Waals surface area contributed by atoms with Gasteiger partial charge >= 0.3 is 6.03 Å². The van der Waals surface area contributed by atoms with Crippen LogP contribution in [0.15, 0.2) is 48.5 Å². The van der Waals surface area contributed by atoms with Crippen LogP contribution in [0, 0.1) is 5.82 Å². The number of halogens is 1. The number of benzene rings is 2. The van der Waals surface area contributed by atoms with Crippen molar-refractivity contribution >= 4 is 23.3 Å². The lowest BCUT2D eigenvalue weighted by molar-refractivity contribution is -0.117. The Labute approximate surface area is 150 Å². The Morgan fingerprint density at radius 2 is 2.04 bits per heavy atom. The van der Waals surface area contributed by atoms with Crippen LogP contribution in [0.3, 0.4) is 0 Å². The lowest BCUT2D eigenvalue weighted by Crippen LogP contribution is -2.39. The molecule has 2 aromatic carbocycles. The van der Waals surface area contributed by atoms with Crippen LogP contribution in [0.1, 0.15) is 13.3 Å². The molecule has 7 heteroatoms. The van der Waals surface area contributed by atoms with E-state index < -0.39 is 11.8 Å². The molecule has 136 valence electrons. The van der Waals surface area contributed by atoms with E-state index >= 15 is 0 Å². The van der Waals surface area contributed by atoms with Gasteiger partial charge < -0.3 is 20.3 Å². The summed E-state index contributed by atoms with van der Waals surface area (Å²) in [5, 5.41) is 5.31. The largest absolute Gasteiger partial charge is 0.494 e. The Kier molecular flexibility index (Phi) is 5.36.